The van der Waals surface area contributed by atoms with E-state index < -0.39 is 36.4 Å². The standard InChI is InChI=1S/C31H45N3O7/c1-8-14-33-23-12-13-24-28(36)22(23)15-18(2)16-26(40-7)27(35)20(4)17-21(5)29(41-31(32)38)25(39-6)11-9-10-19(3)30(37)34-24/h8-13,17-18,20,25-27,29,33,35-36H,1,14-16H2,2-7H3,(H2,32,38)(H,34,37)/b11-9-,19-10+,21-17+. The van der Waals surface area contributed by atoms with Gasteiger partial charge in [0.2, 0.25) is 0 Å². The number of phenolic OH excluding ortho intramolecular Hbond substituents is 1. The molecule has 0 spiro atoms. The number of fused-ring (bicyclic) bond motifs is 2. The number of carbonyl (C=O) groups is 2. The number of hydrogen-bond acceptors (Lipinski definition) is 8. The minimum absolute atomic E-state index is 0.0234. The fraction of sp³-hybridized carbons (Fsp3) is 0.484. The van der Waals surface area contributed by atoms with Crippen molar-refractivity contribution in [2.24, 2.45) is 17.6 Å². The quantitative estimate of drug-likeness (QED) is 0.248. The van der Waals surface area contributed by atoms with E-state index in [1.807, 2.05) is 26.0 Å². The van der Waals surface area contributed by atoms with Crippen LogP contribution in [0.5, 0.6) is 5.75 Å². The number of nitrogens with two attached hydrogens (primary N) is 1. The van der Waals surface area contributed by atoms with Crippen LogP contribution in [0.15, 0.2) is 60.2 Å². The summed E-state index contributed by atoms with van der Waals surface area (Å²) in [5, 5.41) is 28.5. The van der Waals surface area contributed by atoms with Gasteiger partial charge >= 0.3 is 6.09 Å². The van der Waals surface area contributed by atoms with Crippen molar-refractivity contribution >= 4 is 23.4 Å². The first-order valence-electron chi connectivity index (χ1n) is 13.7. The Hall–Kier alpha value is -3.60. The van der Waals surface area contributed by atoms with Gasteiger partial charge in [-0.15, -0.1) is 6.58 Å². The third-order valence-corrected chi connectivity index (χ3v) is 7.17. The highest BCUT2D eigenvalue weighted by Gasteiger charge is 2.29. The Morgan fingerprint density at radius 3 is 2.56 bits per heavy atom. The average Bonchev–Trinajstić information content (AvgIpc) is 2.93. The number of phenols is 1. The Labute approximate surface area is 242 Å². The predicted octanol–water partition coefficient (Wildman–Crippen LogP) is 4.45. The summed E-state index contributed by atoms with van der Waals surface area (Å²) in [5.74, 6) is -0.835. The highest BCUT2D eigenvalue weighted by molar-refractivity contribution is 6.04. The lowest BCUT2D eigenvalue weighted by atomic mass is 9.87. The van der Waals surface area contributed by atoms with E-state index in [1.54, 1.807) is 51.3 Å². The smallest absolute Gasteiger partial charge is 0.405 e. The largest absolute Gasteiger partial charge is 0.505 e. The molecule has 0 saturated carbocycles. The van der Waals surface area contributed by atoms with E-state index in [0.717, 1.165) is 5.69 Å². The number of nitrogens with one attached hydrogen (secondary N) is 2. The van der Waals surface area contributed by atoms with Crippen LogP contribution < -0.4 is 16.4 Å². The summed E-state index contributed by atoms with van der Waals surface area (Å²) < 4.78 is 16.7. The van der Waals surface area contributed by atoms with Crippen molar-refractivity contribution in [1.29, 1.82) is 0 Å². The Bertz CT molecular complexity index is 1160. The van der Waals surface area contributed by atoms with Gasteiger partial charge < -0.3 is 40.8 Å². The Morgan fingerprint density at radius 1 is 1.24 bits per heavy atom. The highest BCUT2D eigenvalue weighted by Crippen LogP contribution is 2.37. The second-order valence-corrected chi connectivity index (χ2v) is 10.5. The average molecular weight is 572 g/mol. The monoisotopic (exact) mass is 571 g/mol. The molecule has 41 heavy (non-hydrogen) atoms. The molecule has 1 aliphatic rings. The van der Waals surface area contributed by atoms with Gasteiger partial charge in [0.15, 0.2) is 6.10 Å². The molecule has 10 heteroatoms. The van der Waals surface area contributed by atoms with Crippen molar-refractivity contribution in [3.05, 3.63) is 65.8 Å². The molecule has 1 aromatic carbocycles. The van der Waals surface area contributed by atoms with Crippen LogP contribution in [0.25, 0.3) is 0 Å². The number of rotatable bonds is 6. The summed E-state index contributed by atoms with van der Waals surface area (Å²) in [6.45, 7) is 11.5. The van der Waals surface area contributed by atoms with E-state index >= 15 is 0 Å². The lowest BCUT2D eigenvalue weighted by molar-refractivity contribution is -0.112. The second kappa shape index (κ2) is 16.0. The first kappa shape index (κ1) is 33.6. The van der Waals surface area contributed by atoms with Crippen molar-refractivity contribution in [1.82, 2.24) is 0 Å². The number of benzene rings is 1. The zero-order chi connectivity index (χ0) is 30.7. The van der Waals surface area contributed by atoms with Crippen LogP contribution >= 0.6 is 0 Å². The van der Waals surface area contributed by atoms with Crippen molar-refractivity contribution in [3.63, 3.8) is 0 Å². The number of aliphatic hydroxyl groups excluding tert-OH is 1. The number of allylic oxidation sites excluding steroid dienone is 2. The van der Waals surface area contributed by atoms with Crippen LogP contribution in [0.4, 0.5) is 16.2 Å². The zero-order valence-corrected chi connectivity index (χ0v) is 24.8. The Morgan fingerprint density at radius 2 is 1.95 bits per heavy atom. The van der Waals surface area contributed by atoms with E-state index in [1.165, 1.54) is 7.11 Å². The normalized spacial score (nSPS) is 29.7. The maximum absolute atomic E-state index is 13.0. The molecule has 1 aliphatic heterocycles. The Balaban J connectivity index is 2.62. The van der Waals surface area contributed by atoms with Gasteiger partial charge in [-0.3, -0.25) is 4.79 Å². The summed E-state index contributed by atoms with van der Waals surface area (Å²) >= 11 is 0. The van der Waals surface area contributed by atoms with E-state index in [2.05, 4.69) is 17.2 Å². The summed E-state index contributed by atoms with van der Waals surface area (Å²) in [6.07, 6.45) is 5.35. The summed E-state index contributed by atoms with van der Waals surface area (Å²) in [6, 6.07) is 3.45. The van der Waals surface area contributed by atoms with Crippen LogP contribution in [0.2, 0.25) is 0 Å². The van der Waals surface area contributed by atoms with Gasteiger partial charge in [-0.1, -0.05) is 44.2 Å². The molecule has 2 bridgehead atoms. The van der Waals surface area contributed by atoms with E-state index in [0.29, 0.717) is 36.1 Å². The molecule has 10 nitrogen and oxygen atoms in total. The predicted molar refractivity (Wildman–Crippen MR) is 161 cm³/mol. The number of primary amides is 1. The molecule has 2 rings (SSSR count). The molecule has 0 aromatic heterocycles. The SMILES string of the molecule is C=CCNc1ccc2c(O)c1CC(C)CC(OC)C(O)C(C)/C=C(\C)C(OC(N)=O)C(OC)/C=C\C=C(/C)C(=O)N2. The number of ether oxygens (including phenoxy) is 3. The second-order valence-electron chi connectivity index (χ2n) is 10.5. The molecule has 6 unspecified atom stereocenters. The van der Waals surface area contributed by atoms with Crippen LogP contribution in [0.3, 0.4) is 0 Å². The van der Waals surface area contributed by atoms with Crippen LogP contribution in [-0.4, -0.2) is 67.4 Å². The van der Waals surface area contributed by atoms with Crippen molar-refractivity contribution in [3.8, 4) is 5.75 Å². The molecule has 0 aliphatic carbocycles. The lowest BCUT2D eigenvalue weighted by Gasteiger charge is -2.29. The molecular formula is C31H45N3O7. The Kier molecular flexibility index (Phi) is 13.1. The molecule has 6 N–H and O–H groups in total. The summed E-state index contributed by atoms with van der Waals surface area (Å²) in [4.78, 5) is 24.7. The molecule has 6 atom stereocenters. The van der Waals surface area contributed by atoms with E-state index in [4.69, 9.17) is 19.9 Å². The molecule has 1 heterocycles. The maximum Gasteiger partial charge on any atom is 0.405 e. The van der Waals surface area contributed by atoms with Gasteiger partial charge in [-0.25, -0.2) is 4.79 Å². The molecule has 0 fully saturated rings. The maximum atomic E-state index is 13.0. The van der Waals surface area contributed by atoms with Crippen molar-refractivity contribution in [2.45, 2.75) is 65.0 Å². The summed E-state index contributed by atoms with van der Waals surface area (Å²) in [5.41, 5.74) is 7.99. The zero-order valence-electron chi connectivity index (χ0n) is 24.8. The molecule has 1 aromatic rings. The number of anilines is 2. The first-order valence-corrected chi connectivity index (χ1v) is 13.7. The van der Waals surface area contributed by atoms with E-state index in [9.17, 15) is 19.8 Å². The molecule has 226 valence electrons. The van der Waals surface area contributed by atoms with E-state index in [-0.39, 0.29) is 23.3 Å². The minimum Gasteiger partial charge on any atom is -0.505 e. The number of amides is 2. The van der Waals surface area contributed by atoms with Gasteiger partial charge in [-0.2, -0.15) is 0 Å². The number of aliphatic hydroxyl groups is 1. The first-order chi connectivity index (χ1) is 19.4. The van der Waals surface area contributed by atoms with Crippen LogP contribution in [0, 0.1) is 11.8 Å². The van der Waals surface area contributed by atoms with Gasteiger partial charge in [0.1, 0.15) is 11.9 Å². The molecule has 0 radical (unpaired) electrons. The fourth-order valence-corrected chi connectivity index (χ4v) is 4.90. The van der Waals surface area contributed by atoms with Gasteiger partial charge in [0.25, 0.3) is 5.91 Å². The molecule has 0 saturated heterocycles. The third kappa shape index (κ3) is 9.48. The number of carbonyl (C=O) groups excluding carboxylic acids is 2. The van der Waals surface area contributed by atoms with Crippen molar-refractivity contribution in [2.75, 3.05) is 31.4 Å². The fourth-order valence-electron chi connectivity index (χ4n) is 4.90. The van der Waals surface area contributed by atoms with Gasteiger partial charge in [-0.05, 0) is 50.3 Å². The number of aromatic hydroxyl groups is 1. The topological polar surface area (TPSA) is 152 Å². The third-order valence-electron chi connectivity index (χ3n) is 7.17. The number of hydrogen-bond donors (Lipinski definition) is 5. The molecular weight excluding hydrogens is 526 g/mol. The number of methoxy groups -OCH3 is 2. The summed E-state index contributed by atoms with van der Waals surface area (Å²) in [7, 11) is 3.01. The molecule has 2 amide bonds. The van der Waals surface area contributed by atoms with Crippen molar-refractivity contribution < 1.29 is 34.0 Å². The lowest BCUT2D eigenvalue weighted by Crippen LogP contribution is -2.37. The van der Waals surface area contributed by atoms with Crippen LogP contribution in [0.1, 0.15) is 39.7 Å². The van der Waals surface area contributed by atoms with Crippen LogP contribution in [-0.2, 0) is 25.4 Å². The minimum atomic E-state index is -0.969. The van der Waals surface area contributed by atoms with Gasteiger partial charge in [0, 0.05) is 43.5 Å². The van der Waals surface area contributed by atoms with Gasteiger partial charge in [0.05, 0.1) is 17.9 Å². The highest BCUT2D eigenvalue weighted by atomic mass is 16.6.